The van der Waals surface area contributed by atoms with Gasteiger partial charge in [-0.3, -0.25) is 14.3 Å². The van der Waals surface area contributed by atoms with Crippen LogP contribution in [0, 0.1) is 5.92 Å². The number of amides is 1. The van der Waals surface area contributed by atoms with Crippen LogP contribution < -0.4 is 5.43 Å². The van der Waals surface area contributed by atoms with Gasteiger partial charge in [-0.2, -0.15) is 5.10 Å². The number of aromatic nitrogens is 3. The summed E-state index contributed by atoms with van der Waals surface area (Å²) in [6, 6.07) is 0.323. The molecule has 0 radical (unpaired) electrons. The van der Waals surface area contributed by atoms with Crippen LogP contribution in [0.15, 0.2) is 17.2 Å². The molecule has 1 N–H and O–H groups in total. The van der Waals surface area contributed by atoms with Crippen LogP contribution in [0.2, 0.25) is 0 Å². The molecule has 128 valence electrons. The maximum absolute atomic E-state index is 13.1. The van der Waals surface area contributed by atoms with Gasteiger partial charge in [0, 0.05) is 25.8 Å². The second-order valence-electron chi connectivity index (χ2n) is 7.25. The molecule has 0 saturated heterocycles. The van der Waals surface area contributed by atoms with Crippen molar-refractivity contribution in [3.05, 3.63) is 28.2 Å². The summed E-state index contributed by atoms with van der Waals surface area (Å²) in [5, 5.41) is 4.59. The van der Waals surface area contributed by atoms with Crippen molar-refractivity contribution < 1.29 is 4.79 Å². The first-order chi connectivity index (χ1) is 11.6. The number of hydrogen-bond acceptors (Lipinski definition) is 3. The Labute approximate surface area is 140 Å². The Morgan fingerprint density at radius 2 is 2.04 bits per heavy atom. The molecule has 2 saturated carbocycles. The van der Waals surface area contributed by atoms with Gasteiger partial charge in [-0.25, -0.2) is 0 Å². The summed E-state index contributed by atoms with van der Waals surface area (Å²) in [6.07, 6.45) is 11.5. The Morgan fingerprint density at radius 3 is 2.75 bits per heavy atom. The molecule has 2 aliphatic carbocycles. The van der Waals surface area contributed by atoms with Crippen LogP contribution in [0.1, 0.15) is 55.3 Å². The molecule has 0 atom stereocenters. The van der Waals surface area contributed by atoms with E-state index in [1.165, 1.54) is 38.3 Å². The average molecular weight is 328 g/mol. The Kier molecular flexibility index (Phi) is 3.90. The normalized spacial score (nSPS) is 18.9. The third-order valence-electron chi connectivity index (χ3n) is 5.44. The number of hydrogen-bond donors (Lipinski definition) is 1. The van der Waals surface area contributed by atoms with Crippen LogP contribution in [0.4, 0.5) is 0 Å². The van der Waals surface area contributed by atoms with Gasteiger partial charge in [0.2, 0.25) is 5.43 Å². The molecule has 0 spiro atoms. The van der Waals surface area contributed by atoms with Crippen molar-refractivity contribution in [2.75, 3.05) is 6.54 Å². The molecule has 0 aromatic carbocycles. The molecule has 6 nitrogen and oxygen atoms in total. The van der Waals surface area contributed by atoms with Gasteiger partial charge < -0.3 is 9.88 Å². The predicted octanol–water partition coefficient (Wildman–Crippen LogP) is 2.45. The van der Waals surface area contributed by atoms with Crippen molar-refractivity contribution in [1.29, 1.82) is 0 Å². The summed E-state index contributed by atoms with van der Waals surface area (Å²) >= 11 is 0. The highest BCUT2D eigenvalue weighted by Gasteiger charge is 2.35. The van der Waals surface area contributed by atoms with E-state index in [4.69, 9.17) is 0 Å². The molecule has 2 aromatic heterocycles. The Balaban J connectivity index is 1.62. The van der Waals surface area contributed by atoms with E-state index in [1.807, 2.05) is 4.90 Å². The second-order valence-corrected chi connectivity index (χ2v) is 7.25. The lowest BCUT2D eigenvalue weighted by Gasteiger charge is -2.29. The highest BCUT2D eigenvalue weighted by Crippen LogP contribution is 2.32. The Morgan fingerprint density at radius 1 is 1.29 bits per heavy atom. The number of H-pyrrole nitrogens is 1. The number of aromatic amines is 1. The smallest absolute Gasteiger partial charge is 0.259 e. The van der Waals surface area contributed by atoms with Crippen molar-refractivity contribution in [3.63, 3.8) is 0 Å². The van der Waals surface area contributed by atoms with Gasteiger partial charge in [-0.1, -0.05) is 19.3 Å². The minimum absolute atomic E-state index is 0.116. The first-order valence-corrected chi connectivity index (χ1v) is 8.99. The molecule has 0 aliphatic heterocycles. The monoisotopic (exact) mass is 328 g/mol. The number of carbonyl (C=O) groups excluding carboxylic acids is 1. The molecule has 1 amide bonds. The molecular formula is C18H24N4O2. The number of rotatable bonds is 4. The molecule has 6 heteroatoms. The lowest BCUT2D eigenvalue weighted by Crippen LogP contribution is -2.39. The van der Waals surface area contributed by atoms with E-state index >= 15 is 0 Å². The summed E-state index contributed by atoms with van der Waals surface area (Å²) in [4.78, 5) is 30.8. The zero-order chi connectivity index (χ0) is 16.7. The maximum Gasteiger partial charge on any atom is 0.259 e. The lowest BCUT2D eigenvalue weighted by atomic mass is 9.89. The van der Waals surface area contributed by atoms with Crippen LogP contribution >= 0.6 is 0 Å². The highest BCUT2D eigenvalue weighted by molar-refractivity contribution is 5.97. The number of aryl methyl sites for hydroxylation is 1. The summed E-state index contributed by atoms with van der Waals surface area (Å²) < 4.78 is 1.62. The molecule has 2 heterocycles. The molecule has 4 rings (SSSR count). The number of fused-ring (bicyclic) bond motifs is 1. The first-order valence-electron chi connectivity index (χ1n) is 8.99. The van der Waals surface area contributed by atoms with Crippen LogP contribution in [0.5, 0.6) is 0 Å². The van der Waals surface area contributed by atoms with Gasteiger partial charge in [0.15, 0.2) is 0 Å². The van der Waals surface area contributed by atoms with E-state index in [-0.39, 0.29) is 16.9 Å². The van der Waals surface area contributed by atoms with Crippen molar-refractivity contribution in [3.8, 4) is 0 Å². The van der Waals surface area contributed by atoms with Crippen molar-refractivity contribution in [2.45, 2.75) is 51.0 Å². The summed E-state index contributed by atoms with van der Waals surface area (Å²) in [6.45, 7) is 0.800. The Hall–Kier alpha value is -2.11. The number of carbonyl (C=O) groups is 1. The third kappa shape index (κ3) is 2.74. The van der Waals surface area contributed by atoms with Gasteiger partial charge in [0.05, 0.1) is 11.6 Å². The SMILES string of the molecule is Cn1ncc2c(=O)c(C(=O)N(CC3CCCCC3)C3CC3)c[nH]c21. The van der Waals surface area contributed by atoms with Gasteiger partial charge >= 0.3 is 0 Å². The van der Waals surface area contributed by atoms with Crippen molar-refractivity contribution in [2.24, 2.45) is 13.0 Å². The molecule has 0 unspecified atom stereocenters. The molecule has 2 aliphatic rings. The predicted molar refractivity (Wildman–Crippen MR) is 92.0 cm³/mol. The zero-order valence-electron chi connectivity index (χ0n) is 14.1. The van der Waals surface area contributed by atoms with E-state index < -0.39 is 0 Å². The minimum atomic E-state index is -0.212. The number of nitrogens with zero attached hydrogens (tertiary/aromatic N) is 3. The van der Waals surface area contributed by atoms with E-state index in [0.717, 1.165) is 19.4 Å². The van der Waals surface area contributed by atoms with E-state index in [1.54, 1.807) is 17.9 Å². The fourth-order valence-corrected chi connectivity index (χ4v) is 3.87. The van der Waals surface area contributed by atoms with Crippen LogP contribution in [0.25, 0.3) is 11.0 Å². The summed E-state index contributed by atoms with van der Waals surface area (Å²) in [5.74, 6) is 0.472. The largest absolute Gasteiger partial charge is 0.345 e. The van der Waals surface area contributed by atoms with Crippen LogP contribution in [-0.2, 0) is 7.05 Å². The molecule has 24 heavy (non-hydrogen) atoms. The van der Waals surface area contributed by atoms with Crippen LogP contribution in [0.3, 0.4) is 0 Å². The first kappa shape index (κ1) is 15.4. The third-order valence-corrected chi connectivity index (χ3v) is 5.44. The lowest BCUT2D eigenvalue weighted by molar-refractivity contribution is 0.0697. The number of nitrogens with one attached hydrogen (secondary N) is 1. The van der Waals surface area contributed by atoms with Gasteiger partial charge in [-0.05, 0) is 31.6 Å². The summed E-state index contributed by atoms with van der Waals surface area (Å²) in [7, 11) is 1.78. The minimum Gasteiger partial charge on any atom is -0.345 e. The fourth-order valence-electron chi connectivity index (χ4n) is 3.87. The van der Waals surface area contributed by atoms with E-state index in [2.05, 4.69) is 10.1 Å². The van der Waals surface area contributed by atoms with E-state index in [9.17, 15) is 9.59 Å². The maximum atomic E-state index is 13.1. The summed E-state index contributed by atoms with van der Waals surface area (Å²) in [5.41, 5.74) is 0.691. The van der Waals surface area contributed by atoms with Crippen molar-refractivity contribution in [1.82, 2.24) is 19.7 Å². The molecule has 2 fully saturated rings. The molecule has 2 aromatic rings. The molecular weight excluding hydrogens is 304 g/mol. The van der Waals surface area contributed by atoms with Crippen LogP contribution in [-0.4, -0.2) is 38.2 Å². The second kappa shape index (κ2) is 6.07. The number of pyridine rings is 1. The van der Waals surface area contributed by atoms with Gasteiger partial charge in [0.25, 0.3) is 5.91 Å². The highest BCUT2D eigenvalue weighted by atomic mass is 16.2. The zero-order valence-corrected chi connectivity index (χ0v) is 14.1. The van der Waals surface area contributed by atoms with Gasteiger partial charge in [-0.15, -0.1) is 0 Å². The van der Waals surface area contributed by atoms with Gasteiger partial charge in [0.1, 0.15) is 11.2 Å². The average Bonchev–Trinajstić information content (AvgIpc) is 3.37. The van der Waals surface area contributed by atoms with E-state index in [0.29, 0.717) is 23.0 Å². The van der Waals surface area contributed by atoms with Crippen molar-refractivity contribution >= 4 is 16.9 Å². The quantitative estimate of drug-likeness (QED) is 0.937. The standard InChI is InChI=1S/C18H24N4O2/c1-21-17-14(10-20-21)16(23)15(9-19-17)18(24)22(13-7-8-13)11-12-5-3-2-4-6-12/h9-10,12-13H,2-8,11H2,1H3,(H,19,23). The fraction of sp³-hybridized carbons (Fsp3) is 0.611. The molecule has 0 bridgehead atoms. The Bertz CT molecular complexity index is 812. The topological polar surface area (TPSA) is 71.0 Å².